The van der Waals surface area contributed by atoms with Gasteiger partial charge in [-0.15, -0.1) is 11.6 Å². The fraction of sp³-hybridized carbons (Fsp3) is 0.500. The molecule has 0 amide bonds. The molecule has 100 valence electrons. The number of hydrogen-bond acceptors (Lipinski definition) is 3. The smallest absolute Gasteiger partial charge is 0.207 e. The maximum Gasteiger partial charge on any atom is 0.240 e. The second-order valence-corrected chi connectivity index (χ2v) is 7.51. The lowest BCUT2D eigenvalue weighted by atomic mass is 10.2. The van der Waals surface area contributed by atoms with Gasteiger partial charge >= 0.3 is 0 Å². The lowest BCUT2D eigenvalue weighted by Crippen LogP contribution is -2.34. The van der Waals surface area contributed by atoms with Gasteiger partial charge in [0.2, 0.25) is 10.0 Å². The maximum atomic E-state index is 12.1. The van der Waals surface area contributed by atoms with Crippen molar-refractivity contribution in [3.63, 3.8) is 0 Å². The van der Waals surface area contributed by atoms with Crippen molar-refractivity contribution in [2.45, 2.75) is 23.8 Å². The van der Waals surface area contributed by atoms with Crippen LogP contribution in [-0.4, -0.2) is 31.8 Å². The second-order valence-electron chi connectivity index (χ2n) is 4.26. The third-order valence-corrected chi connectivity index (χ3v) is 5.76. The first-order valence-electron chi connectivity index (χ1n) is 5.87. The zero-order chi connectivity index (χ0) is 13.0. The van der Waals surface area contributed by atoms with Crippen molar-refractivity contribution in [2.24, 2.45) is 0 Å². The van der Waals surface area contributed by atoms with Gasteiger partial charge in [0, 0.05) is 17.7 Å². The van der Waals surface area contributed by atoms with Gasteiger partial charge in [0.25, 0.3) is 0 Å². The van der Waals surface area contributed by atoms with E-state index in [4.69, 9.17) is 11.6 Å². The van der Waals surface area contributed by atoms with Crippen molar-refractivity contribution in [2.75, 3.05) is 17.4 Å². The molecule has 1 aliphatic heterocycles. The minimum absolute atomic E-state index is 0.0718. The largest absolute Gasteiger partial charge is 0.240 e. The number of hydrogen-bond donors (Lipinski definition) is 1. The van der Waals surface area contributed by atoms with Crippen molar-refractivity contribution < 1.29 is 8.42 Å². The van der Waals surface area contributed by atoms with Gasteiger partial charge in [-0.2, -0.15) is 11.8 Å². The molecular formula is C12H16ClNO2S2. The predicted octanol–water partition coefficient (Wildman–Crippen LogP) is 2.25. The highest BCUT2D eigenvalue weighted by Crippen LogP contribution is 2.20. The highest BCUT2D eigenvalue weighted by Gasteiger charge is 2.22. The van der Waals surface area contributed by atoms with Crippen LogP contribution in [0.3, 0.4) is 0 Å². The van der Waals surface area contributed by atoms with Crippen LogP contribution in [0.15, 0.2) is 29.2 Å². The van der Waals surface area contributed by atoms with E-state index in [1.165, 1.54) is 0 Å². The molecule has 1 N–H and O–H groups in total. The lowest BCUT2D eigenvalue weighted by molar-refractivity contribution is 0.563. The number of thioether (sulfide) groups is 1. The molecule has 3 nitrogen and oxygen atoms in total. The average Bonchev–Trinajstić information content (AvgIpc) is 2.82. The van der Waals surface area contributed by atoms with Gasteiger partial charge in [-0.05, 0) is 36.3 Å². The van der Waals surface area contributed by atoms with Crippen LogP contribution in [0.1, 0.15) is 12.0 Å². The predicted molar refractivity (Wildman–Crippen MR) is 76.9 cm³/mol. The molecule has 6 heteroatoms. The molecule has 1 aromatic rings. The summed E-state index contributed by atoms with van der Waals surface area (Å²) >= 11 is 7.43. The zero-order valence-corrected chi connectivity index (χ0v) is 12.3. The number of alkyl halides is 1. The highest BCUT2D eigenvalue weighted by molar-refractivity contribution is 7.99. The molecule has 0 aromatic heterocycles. The van der Waals surface area contributed by atoms with Crippen LogP contribution >= 0.6 is 23.4 Å². The number of sulfonamides is 1. The molecule has 2 rings (SSSR count). The summed E-state index contributed by atoms with van der Waals surface area (Å²) in [5.41, 5.74) is 1.06. The Balaban J connectivity index is 2.08. The zero-order valence-electron chi connectivity index (χ0n) is 9.93. The monoisotopic (exact) mass is 305 g/mol. The fourth-order valence-electron chi connectivity index (χ4n) is 1.86. The molecule has 0 bridgehead atoms. The number of aryl methyl sites for hydroxylation is 1. The first-order valence-corrected chi connectivity index (χ1v) is 9.04. The molecule has 0 saturated carbocycles. The van der Waals surface area contributed by atoms with Gasteiger partial charge in [0.1, 0.15) is 0 Å². The van der Waals surface area contributed by atoms with E-state index in [1.807, 2.05) is 12.1 Å². The maximum absolute atomic E-state index is 12.1. The summed E-state index contributed by atoms with van der Waals surface area (Å²) < 4.78 is 27.0. The van der Waals surface area contributed by atoms with Crippen LogP contribution in [-0.2, 0) is 16.4 Å². The lowest BCUT2D eigenvalue weighted by Gasteiger charge is -2.12. The van der Waals surface area contributed by atoms with Crippen molar-refractivity contribution in [3.8, 4) is 0 Å². The Bertz CT molecular complexity index is 481. The van der Waals surface area contributed by atoms with Gasteiger partial charge in [0.05, 0.1) is 4.90 Å². The minimum Gasteiger partial charge on any atom is -0.207 e. The van der Waals surface area contributed by atoms with Crippen LogP contribution < -0.4 is 4.72 Å². The Morgan fingerprint density at radius 3 is 2.61 bits per heavy atom. The molecule has 1 heterocycles. The number of benzene rings is 1. The topological polar surface area (TPSA) is 46.2 Å². The summed E-state index contributed by atoms with van der Waals surface area (Å²) in [6.07, 6.45) is 1.67. The normalized spacial score (nSPS) is 20.2. The number of nitrogens with one attached hydrogen (secondary N) is 1. The second kappa shape index (κ2) is 6.28. The van der Waals surface area contributed by atoms with E-state index in [0.717, 1.165) is 29.9 Å². The number of halogens is 1. The SMILES string of the molecule is O=S(=O)(NC1CCSC1)c1ccc(CCCl)cc1. The highest BCUT2D eigenvalue weighted by atomic mass is 35.5. The minimum atomic E-state index is -3.37. The molecule has 1 saturated heterocycles. The van der Waals surface area contributed by atoms with E-state index in [1.54, 1.807) is 23.9 Å². The summed E-state index contributed by atoms with van der Waals surface area (Å²) in [7, 11) is -3.37. The Morgan fingerprint density at radius 1 is 1.33 bits per heavy atom. The summed E-state index contributed by atoms with van der Waals surface area (Å²) in [6, 6.07) is 7.00. The molecule has 1 fully saturated rings. The molecular weight excluding hydrogens is 290 g/mol. The first-order chi connectivity index (χ1) is 8.62. The summed E-state index contributed by atoms with van der Waals surface area (Å²) in [4.78, 5) is 0.331. The van der Waals surface area contributed by atoms with Gasteiger partial charge in [-0.1, -0.05) is 12.1 Å². The molecule has 1 atom stereocenters. The summed E-state index contributed by atoms with van der Waals surface area (Å²) in [5.74, 6) is 2.44. The van der Waals surface area contributed by atoms with Crippen molar-refractivity contribution in [1.82, 2.24) is 4.72 Å². The molecule has 18 heavy (non-hydrogen) atoms. The first kappa shape index (κ1) is 14.2. The summed E-state index contributed by atoms with van der Waals surface area (Å²) in [6.45, 7) is 0. The molecule has 1 aromatic carbocycles. The van der Waals surface area contributed by atoms with Gasteiger partial charge in [-0.25, -0.2) is 13.1 Å². The number of rotatable bonds is 5. The molecule has 1 aliphatic rings. The molecule has 0 radical (unpaired) electrons. The Kier molecular flexibility index (Phi) is 4.95. The van der Waals surface area contributed by atoms with E-state index in [9.17, 15) is 8.42 Å². The van der Waals surface area contributed by atoms with Crippen LogP contribution in [0.25, 0.3) is 0 Å². The van der Waals surface area contributed by atoms with Crippen LogP contribution in [0, 0.1) is 0 Å². The van der Waals surface area contributed by atoms with Crippen LogP contribution in [0.2, 0.25) is 0 Å². The molecule has 1 unspecified atom stereocenters. The van der Waals surface area contributed by atoms with E-state index in [0.29, 0.717) is 10.8 Å². The Morgan fingerprint density at radius 2 is 2.06 bits per heavy atom. The van der Waals surface area contributed by atoms with Crippen molar-refractivity contribution >= 4 is 33.4 Å². The third-order valence-electron chi connectivity index (χ3n) is 2.87. The van der Waals surface area contributed by atoms with Gasteiger partial charge in [-0.3, -0.25) is 0 Å². The summed E-state index contributed by atoms with van der Waals surface area (Å²) in [5, 5.41) is 0. The standard InChI is InChI=1S/C12H16ClNO2S2/c13-7-5-10-1-3-12(4-2-10)18(15,16)14-11-6-8-17-9-11/h1-4,11,14H,5-9H2. The molecule has 0 spiro atoms. The quantitative estimate of drug-likeness (QED) is 0.849. The molecule has 0 aliphatic carbocycles. The van der Waals surface area contributed by atoms with E-state index >= 15 is 0 Å². The van der Waals surface area contributed by atoms with Crippen molar-refractivity contribution in [3.05, 3.63) is 29.8 Å². The Labute approximate surface area is 117 Å². The Hall–Kier alpha value is -0.230. The van der Waals surface area contributed by atoms with E-state index < -0.39 is 10.0 Å². The van der Waals surface area contributed by atoms with E-state index in [-0.39, 0.29) is 6.04 Å². The fourth-order valence-corrected chi connectivity index (χ4v) is 4.61. The third kappa shape index (κ3) is 3.63. The van der Waals surface area contributed by atoms with Crippen molar-refractivity contribution in [1.29, 1.82) is 0 Å². The van der Waals surface area contributed by atoms with Gasteiger partial charge < -0.3 is 0 Å². The van der Waals surface area contributed by atoms with Crippen LogP contribution in [0.5, 0.6) is 0 Å². The average molecular weight is 306 g/mol. The van der Waals surface area contributed by atoms with E-state index in [2.05, 4.69) is 4.72 Å². The van der Waals surface area contributed by atoms with Gasteiger partial charge in [0.15, 0.2) is 0 Å². The van der Waals surface area contributed by atoms with Crippen LogP contribution in [0.4, 0.5) is 0 Å².